The lowest BCUT2D eigenvalue weighted by molar-refractivity contribution is -0.192. The third-order valence-corrected chi connectivity index (χ3v) is 4.17. The number of hydrogen-bond acceptors (Lipinski definition) is 6. The van der Waals surface area contributed by atoms with Crippen LogP contribution < -0.4 is 5.73 Å². The van der Waals surface area contributed by atoms with Gasteiger partial charge in [-0.1, -0.05) is 5.21 Å². The molecule has 0 unspecified atom stereocenters. The van der Waals surface area contributed by atoms with Crippen LogP contribution in [0.3, 0.4) is 0 Å². The number of carboxylic acids is 1. The molecular formula is C14H24BF3N4O4. The highest BCUT2D eigenvalue weighted by Crippen LogP contribution is 2.37. The quantitative estimate of drug-likeness (QED) is 0.750. The Bertz CT molecular complexity index is 591. The molecule has 1 aliphatic rings. The van der Waals surface area contributed by atoms with Gasteiger partial charge >= 0.3 is 19.3 Å². The van der Waals surface area contributed by atoms with Crippen LogP contribution in [0, 0.1) is 0 Å². The van der Waals surface area contributed by atoms with Crippen molar-refractivity contribution in [2.45, 2.75) is 70.9 Å². The Labute approximate surface area is 150 Å². The summed E-state index contributed by atoms with van der Waals surface area (Å²) in [6, 6.07) is 0. The Hall–Kier alpha value is -1.66. The minimum absolute atomic E-state index is 0.137. The molecule has 2 rings (SSSR count). The van der Waals surface area contributed by atoms with Gasteiger partial charge in [-0.2, -0.15) is 13.2 Å². The molecule has 0 radical (unpaired) electrons. The molecule has 1 aromatic heterocycles. The summed E-state index contributed by atoms with van der Waals surface area (Å²) in [7, 11) is -0.137. The van der Waals surface area contributed by atoms with Crippen LogP contribution in [0.25, 0.3) is 0 Å². The number of carbonyl (C=O) groups is 1. The Morgan fingerprint density at radius 2 is 1.81 bits per heavy atom. The third kappa shape index (κ3) is 6.25. The molecule has 148 valence electrons. The largest absolute Gasteiger partial charge is 0.490 e. The van der Waals surface area contributed by atoms with Crippen molar-refractivity contribution >= 4 is 13.1 Å². The predicted molar refractivity (Wildman–Crippen MR) is 87.1 cm³/mol. The normalized spacial score (nSPS) is 18.4. The molecule has 2 heterocycles. The molecule has 26 heavy (non-hydrogen) atoms. The van der Waals surface area contributed by atoms with Crippen molar-refractivity contribution in [3.05, 3.63) is 11.9 Å². The summed E-state index contributed by atoms with van der Waals surface area (Å²) in [5, 5.41) is 15.1. The van der Waals surface area contributed by atoms with Crippen LogP contribution in [0.5, 0.6) is 0 Å². The molecule has 1 aliphatic heterocycles. The number of aromatic nitrogens is 3. The Morgan fingerprint density at radius 3 is 2.19 bits per heavy atom. The lowest BCUT2D eigenvalue weighted by Gasteiger charge is -2.32. The van der Waals surface area contributed by atoms with Gasteiger partial charge in [-0.3, -0.25) is 4.68 Å². The lowest BCUT2D eigenvalue weighted by atomic mass is 9.83. The topological polar surface area (TPSA) is 112 Å². The number of hydrogen-bond donors (Lipinski definition) is 2. The molecule has 0 atom stereocenters. The van der Waals surface area contributed by atoms with Gasteiger partial charge in [-0.15, -0.1) is 5.10 Å². The number of nitrogens with zero attached hydrogens (tertiary/aromatic N) is 3. The highest BCUT2D eigenvalue weighted by molar-refractivity contribution is 6.45. The molecule has 0 amide bonds. The van der Waals surface area contributed by atoms with Gasteiger partial charge in [0.2, 0.25) is 0 Å². The molecule has 0 aliphatic carbocycles. The monoisotopic (exact) mass is 380 g/mol. The maximum Gasteiger partial charge on any atom is 0.490 e. The van der Waals surface area contributed by atoms with Crippen molar-refractivity contribution in [1.29, 1.82) is 0 Å². The summed E-state index contributed by atoms with van der Waals surface area (Å²) in [5.74, 6) is -2.76. The van der Waals surface area contributed by atoms with E-state index in [4.69, 9.17) is 24.9 Å². The average molecular weight is 380 g/mol. The van der Waals surface area contributed by atoms with Crippen molar-refractivity contribution in [3.63, 3.8) is 0 Å². The molecule has 1 aromatic rings. The van der Waals surface area contributed by atoms with Gasteiger partial charge in [0.1, 0.15) is 0 Å². The molecule has 12 heteroatoms. The van der Waals surface area contributed by atoms with Crippen LogP contribution in [0.1, 0.15) is 39.8 Å². The first-order chi connectivity index (χ1) is 11.8. The summed E-state index contributed by atoms with van der Waals surface area (Å²) in [6.07, 6.45) is -1.42. The zero-order valence-corrected chi connectivity index (χ0v) is 15.2. The van der Waals surface area contributed by atoms with Crippen LogP contribution in [0.15, 0.2) is 6.20 Å². The molecular weight excluding hydrogens is 356 g/mol. The SMILES string of the molecule is CC1(C)OB(CCCn2cc(CN)nn2)OC1(C)C.O=C(O)C(F)(F)F. The number of carboxylic acid groups (broad SMARTS) is 1. The fourth-order valence-electron chi connectivity index (χ4n) is 2.04. The van der Waals surface area contributed by atoms with Crippen LogP contribution in [-0.2, 0) is 27.2 Å². The minimum Gasteiger partial charge on any atom is -0.475 e. The van der Waals surface area contributed by atoms with Crippen LogP contribution in [-0.4, -0.2) is 50.6 Å². The maximum absolute atomic E-state index is 10.6. The van der Waals surface area contributed by atoms with Crippen molar-refractivity contribution in [2.75, 3.05) is 0 Å². The second kappa shape index (κ2) is 8.36. The highest BCUT2D eigenvalue weighted by atomic mass is 19.4. The van der Waals surface area contributed by atoms with E-state index in [1.807, 2.05) is 10.9 Å². The number of aryl methyl sites for hydroxylation is 1. The maximum atomic E-state index is 10.6. The van der Waals surface area contributed by atoms with E-state index in [9.17, 15) is 13.2 Å². The molecule has 1 saturated heterocycles. The van der Waals surface area contributed by atoms with E-state index in [1.165, 1.54) is 0 Å². The van der Waals surface area contributed by atoms with Gasteiger partial charge in [0.25, 0.3) is 0 Å². The second-order valence-corrected chi connectivity index (χ2v) is 6.81. The molecule has 3 N–H and O–H groups in total. The molecule has 0 saturated carbocycles. The highest BCUT2D eigenvalue weighted by Gasteiger charge is 2.50. The van der Waals surface area contributed by atoms with E-state index in [2.05, 4.69) is 38.0 Å². The van der Waals surface area contributed by atoms with Gasteiger partial charge < -0.3 is 20.1 Å². The average Bonchev–Trinajstić information content (AvgIpc) is 3.01. The van der Waals surface area contributed by atoms with Gasteiger partial charge in [0.05, 0.1) is 16.9 Å². The van der Waals surface area contributed by atoms with Crippen LogP contribution in [0.2, 0.25) is 6.32 Å². The Morgan fingerprint density at radius 1 is 1.31 bits per heavy atom. The fraction of sp³-hybridized carbons (Fsp3) is 0.786. The summed E-state index contributed by atoms with van der Waals surface area (Å²) in [6.45, 7) is 9.50. The van der Waals surface area contributed by atoms with Crippen molar-refractivity contribution in [1.82, 2.24) is 15.0 Å². The van der Waals surface area contributed by atoms with E-state index in [-0.39, 0.29) is 18.3 Å². The third-order valence-electron chi connectivity index (χ3n) is 4.17. The summed E-state index contributed by atoms with van der Waals surface area (Å²) in [4.78, 5) is 8.90. The second-order valence-electron chi connectivity index (χ2n) is 6.81. The first kappa shape index (κ1) is 22.4. The lowest BCUT2D eigenvalue weighted by Crippen LogP contribution is -2.41. The molecule has 0 aromatic carbocycles. The summed E-state index contributed by atoms with van der Waals surface area (Å²) in [5.41, 5.74) is 5.81. The number of rotatable bonds is 5. The van der Waals surface area contributed by atoms with Crippen molar-refractivity contribution in [2.24, 2.45) is 5.73 Å². The van der Waals surface area contributed by atoms with E-state index < -0.39 is 12.1 Å². The zero-order valence-electron chi connectivity index (χ0n) is 15.2. The van der Waals surface area contributed by atoms with E-state index >= 15 is 0 Å². The van der Waals surface area contributed by atoms with E-state index in [0.29, 0.717) is 6.54 Å². The molecule has 8 nitrogen and oxygen atoms in total. The Balaban J connectivity index is 0.000000412. The number of halogens is 3. The number of aliphatic carboxylic acids is 1. The van der Waals surface area contributed by atoms with Gasteiger partial charge in [-0.05, 0) is 40.4 Å². The van der Waals surface area contributed by atoms with E-state index in [1.54, 1.807) is 0 Å². The summed E-state index contributed by atoms with van der Waals surface area (Å²) >= 11 is 0. The number of nitrogens with two attached hydrogens (primary N) is 1. The first-order valence-electron chi connectivity index (χ1n) is 8.03. The van der Waals surface area contributed by atoms with Gasteiger partial charge in [-0.25, -0.2) is 4.79 Å². The summed E-state index contributed by atoms with van der Waals surface area (Å²) < 4.78 is 45.4. The van der Waals surface area contributed by atoms with Gasteiger partial charge in [0.15, 0.2) is 0 Å². The Kier molecular flexibility index (Phi) is 7.20. The van der Waals surface area contributed by atoms with E-state index in [0.717, 1.165) is 25.0 Å². The van der Waals surface area contributed by atoms with Crippen molar-refractivity contribution in [3.8, 4) is 0 Å². The minimum atomic E-state index is -5.08. The molecule has 0 bridgehead atoms. The van der Waals surface area contributed by atoms with Crippen LogP contribution in [0.4, 0.5) is 13.2 Å². The molecule has 1 fully saturated rings. The standard InChI is InChI=1S/C12H23BN4O2.C2HF3O2/c1-11(2)12(3,4)19-13(18-11)6-5-7-17-9-10(8-14)15-16-17;3-2(4,5)1(6)7/h9H,5-8,14H2,1-4H3;(H,6,7). The zero-order chi connectivity index (χ0) is 20.2. The van der Waals surface area contributed by atoms with Gasteiger partial charge in [0, 0.05) is 19.3 Å². The predicted octanol–water partition coefficient (Wildman–Crippen LogP) is 1.85. The number of alkyl halides is 3. The fourth-order valence-corrected chi connectivity index (χ4v) is 2.04. The van der Waals surface area contributed by atoms with Crippen molar-refractivity contribution < 1.29 is 32.4 Å². The smallest absolute Gasteiger partial charge is 0.475 e. The molecule has 0 spiro atoms. The first-order valence-corrected chi connectivity index (χ1v) is 8.03. The van der Waals surface area contributed by atoms with Crippen LogP contribution >= 0.6 is 0 Å².